The van der Waals surface area contributed by atoms with Gasteiger partial charge in [-0.2, -0.15) is 0 Å². The second-order valence-corrected chi connectivity index (χ2v) is 4.09. The molecule has 0 aliphatic heterocycles. The first kappa shape index (κ1) is 14.0. The third-order valence-corrected chi connectivity index (χ3v) is 2.46. The largest absolute Gasteiger partial charge is 0.492 e. The van der Waals surface area contributed by atoms with Crippen molar-refractivity contribution >= 4 is 0 Å². The molecule has 0 aliphatic rings. The van der Waals surface area contributed by atoms with Crippen LogP contribution in [-0.4, -0.2) is 18.2 Å². The van der Waals surface area contributed by atoms with Crippen LogP contribution >= 0.6 is 0 Å². The molecule has 17 heavy (non-hydrogen) atoms. The predicted octanol–water partition coefficient (Wildman–Crippen LogP) is 3.58. The summed E-state index contributed by atoms with van der Waals surface area (Å²) in [4.78, 5) is 4.31. The number of hydrogen-bond acceptors (Lipinski definition) is 3. The lowest BCUT2D eigenvalue weighted by atomic mass is 10.3. The van der Waals surface area contributed by atoms with E-state index >= 15 is 0 Å². The Balaban J connectivity index is 2.24. The van der Waals surface area contributed by atoms with Gasteiger partial charge in [-0.05, 0) is 25.0 Å². The third kappa shape index (κ3) is 6.27. The summed E-state index contributed by atoms with van der Waals surface area (Å²) in [5.41, 5.74) is 0.962. The molecule has 0 aliphatic carbocycles. The smallest absolute Gasteiger partial charge is 0.137 e. The summed E-state index contributed by atoms with van der Waals surface area (Å²) in [6, 6.07) is 3.92. The summed E-state index contributed by atoms with van der Waals surface area (Å²) < 4.78 is 11.0. The second kappa shape index (κ2) is 8.99. The van der Waals surface area contributed by atoms with Gasteiger partial charge < -0.3 is 9.47 Å². The monoisotopic (exact) mass is 237 g/mol. The molecule has 0 radical (unpaired) electrons. The van der Waals surface area contributed by atoms with Crippen LogP contribution < -0.4 is 4.74 Å². The highest BCUT2D eigenvalue weighted by Gasteiger charge is 1.97. The topological polar surface area (TPSA) is 31.4 Å². The molecule has 0 spiro atoms. The Morgan fingerprint density at radius 1 is 1.06 bits per heavy atom. The van der Waals surface area contributed by atoms with Crippen molar-refractivity contribution in [3.05, 3.63) is 24.0 Å². The van der Waals surface area contributed by atoms with Gasteiger partial charge in [-0.3, -0.25) is 4.98 Å². The lowest BCUT2D eigenvalue weighted by Gasteiger charge is -2.06. The Labute approximate surface area is 104 Å². The Kier molecular flexibility index (Phi) is 7.39. The van der Waals surface area contributed by atoms with Gasteiger partial charge in [-0.15, -0.1) is 0 Å². The molecule has 0 saturated heterocycles. The molecule has 0 unspecified atom stereocenters. The van der Waals surface area contributed by atoms with Crippen LogP contribution in [0.15, 0.2) is 18.3 Å². The number of aromatic nitrogens is 1. The van der Waals surface area contributed by atoms with Crippen LogP contribution in [0.3, 0.4) is 0 Å². The van der Waals surface area contributed by atoms with E-state index in [4.69, 9.17) is 9.47 Å². The Morgan fingerprint density at radius 3 is 2.47 bits per heavy atom. The highest BCUT2D eigenvalue weighted by atomic mass is 16.5. The van der Waals surface area contributed by atoms with Crippen LogP contribution in [0.1, 0.15) is 45.2 Å². The van der Waals surface area contributed by atoms with Gasteiger partial charge in [0.1, 0.15) is 5.75 Å². The van der Waals surface area contributed by atoms with Crippen LogP contribution in [0.4, 0.5) is 0 Å². The van der Waals surface area contributed by atoms with E-state index in [-0.39, 0.29) is 0 Å². The number of hydrogen-bond donors (Lipinski definition) is 0. The van der Waals surface area contributed by atoms with E-state index in [1.165, 1.54) is 0 Å². The minimum absolute atomic E-state index is 0.592. The number of rotatable bonds is 9. The second-order valence-electron chi connectivity index (χ2n) is 4.09. The molecular weight excluding hydrogens is 214 g/mol. The fourth-order valence-electron chi connectivity index (χ4n) is 1.34. The van der Waals surface area contributed by atoms with Crippen molar-refractivity contribution < 1.29 is 9.47 Å². The maximum absolute atomic E-state index is 5.54. The van der Waals surface area contributed by atoms with Crippen molar-refractivity contribution in [3.8, 4) is 5.75 Å². The number of unbranched alkanes of at least 4 members (excludes halogenated alkanes) is 2. The van der Waals surface area contributed by atoms with Gasteiger partial charge in [0.2, 0.25) is 0 Å². The average molecular weight is 237 g/mol. The Hall–Kier alpha value is -1.09. The minimum atomic E-state index is 0.592. The summed E-state index contributed by atoms with van der Waals surface area (Å²) in [5, 5.41) is 0. The van der Waals surface area contributed by atoms with E-state index in [0.29, 0.717) is 6.61 Å². The van der Waals surface area contributed by atoms with Crippen molar-refractivity contribution in [2.75, 3.05) is 13.2 Å². The lowest BCUT2D eigenvalue weighted by Crippen LogP contribution is -2.00. The van der Waals surface area contributed by atoms with Crippen LogP contribution in [0.25, 0.3) is 0 Å². The predicted molar refractivity (Wildman–Crippen MR) is 69.2 cm³/mol. The molecule has 0 N–H and O–H groups in total. The van der Waals surface area contributed by atoms with Crippen LogP contribution in [-0.2, 0) is 11.3 Å². The van der Waals surface area contributed by atoms with Crippen LogP contribution in [0.5, 0.6) is 5.75 Å². The molecule has 1 aromatic rings. The summed E-state index contributed by atoms with van der Waals surface area (Å²) in [5.74, 6) is 0.843. The zero-order valence-electron chi connectivity index (χ0n) is 10.9. The van der Waals surface area contributed by atoms with Gasteiger partial charge in [-0.25, -0.2) is 0 Å². The van der Waals surface area contributed by atoms with Crippen LogP contribution in [0, 0.1) is 0 Å². The maximum Gasteiger partial charge on any atom is 0.137 e. The van der Waals surface area contributed by atoms with Gasteiger partial charge in [-0.1, -0.05) is 26.7 Å². The third-order valence-electron chi connectivity index (χ3n) is 2.46. The zero-order valence-corrected chi connectivity index (χ0v) is 10.9. The van der Waals surface area contributed by atoms with E-state index < -0.39 is 0 Å². The van der Waals surface area contributed by atoms with Crippen LogP contribution in [0.2, 0.25) is 0 Å². The molecule has 96 valence electrons. The van der Waals surface area contributed by atoms with Gasteiger partial charge >= 0.3 is 0 Å². The normalized spacial score (nSPS) is 10.5. The summed E-state index contributed by atoms with van der Waals surface area (Å²) >= 11 is 0. The number of nitrogens with zero attached hydrogens (tertiary/aromatic N) is 1. The van der Waals surface area contributed by atoms with Crippen molar-refractivity contribution in [2.45, 2.75) is 46.1 Å². The first-order valence-corrected chi connectivity index (χ1v) is 6.52. The highest BCUT2D eigenvalue weighted by molar-refractivity contribution is 5.19. The number of ether oxygens (including phenoxy) is 2. The summed E-state index contributed by atoms with van der Waals surface area (Å²) in [6.07, 6.45) is 6.28. The van der Waals surface area contributed by atoms with Crippen molar-refractivity contribution in [1.82, 2.24) is 4.98 Å². The quantitative estimate of drug-likeness (QED) is 0.615. The van der Waals surface area contributed by atoms with Gasteiger partial charge in [0, 0.05) is 6.61 Å². The van der Waals surface area contributed by atoms with Crippen molar-refractivity contribution in [1.29, 1.82) is 0 Å². The molecule has 1 rings (SSSR count). The van der Waals surface area contributed by atoms with Crippen molar-refractivity contribution in [3.63, 3.8) is 0 Å². The van der Waals surface area contributed by atoms with E-state index in [2.05, 4.69) is 18.8 Å². The molecule has 0 aromatic carbocycles. The molecule has 3 heteroatoms. The molecule has 0 fully saturated rings. The van der Waals surface area contributed by atoms with Crippen molar-refractivity contribution in [2.24, 2.45) is 0 Å². The van der Waals surface area contributed by atoms with E-state index in [1.54, 1.807) is 6.20 Å². The van der Waals surface area contributed by atoms with E-state index in [9.17, 15) is 0 Å². The molecule has 0 saturated carbocycles. The van der Waals surface area contributed by atoms with E-state index in [0.717, 1.165) is 50.3 Å². The molecule has 3 nitrogen and oxygen atoms in total. The first-order valence-electron chi connectivity index (χ1n) is 6.52. The molecule has 1 aromatic heterocycles. The van der Waals surface area contributed by atoms with Gasteiger partial charge in [0.05, 0.1) is 25.1 Å². The molecule has 1 heterocycles. The average Bonchev–Trinajstić information content (AvgIpc) is 2.37. The fourth-order valence-corrected chi connectivity index (χ4v) is 1.34. The Morgan fingerprint density at radius 2 is 1.82 bits per heavy atom. The lowest BCUT2D eigenvalue weighted by molar-refractivity contribution is 0.115. The van der Waals surface area contributed by atoms with E-state index in [1.807, 2.05) is 12.1 Å². The Bertz CT molecular complexity index is 285. The SMILES string of the molecule is CCCCOCc1ccc(OCCCC)cn1. The standard InChI is InChI=1S/C14H23NO2/c1-3-5-9-16-12-13-7-8-14(11-15-13)17-10-6-4-2/h7-8,11H,3-6,9-10,12H2,1-2H3. The molecular formula is C14H23NO2. The molecule has 0 amide bonds. The number of pyridine rings is 1. The first-order chi connectivity index (χ1) is 8.36. The molecule has 0 atom stereocenters. The summed E-state index contributed by atoms with van der Waals surface area (Å²) in [7, 11) is 0. The molecule has 0 bridgehead atoms. The zero-order chi connectivity index (χ0) is 12.3. The minimum Gasteiger partial charge on any atom is -0.492 e. The van der Waals surface area contributed by atoms with Gasteiger partial charge in [0.25, 0.3) is 0 Å². The van der Waals surface area contributed by atoms with Gasteiger partial charge in [0.15, 0.2) is 0 Å². The maximum atomic E-state index is 5.54. The summed E-state index contributed by atoms with van der Waals surface area (Å²) in [6.45, 7) is 6.48. The fraction of sp³-hybridized carbons (Fsp3) is 0.643. The highest BCUT2D eigenvalue weighted by Crippen LogP contribution is 2.10.